The number of nitrogens with one attached hydrogen (secondary N) is 1. The molecule has 4 heteroatoms. The molecule has 1 N–H and O–H groups in total. The number of hydrogen-bond acceptors (Lipinski definition) is 2. The van der Waals surface area contributed by atoms with Gasteiger partial charge in [-0.3, -0.25) is 0 Å². The van der Waals surface area contributed by atoms with E-state index < -0.39 is 0 Å². The number of halogens is 1. The highest BCUT2D eigenvalue weighted by Crippen LogP contribution is 2.35. The summed E-state index contributed by atoms with van der Waals surface area (Å²) >= 11 is 0. The van der Waals surface area contributed by atoms with Crippen LogP contribution in [0.4, 0.5) is 10.2 Å². The number of benzene rings is 1. The quantitative estimate of drug-likeness (QED) is 0.920. The van der Waals surface area contributed by atoms with Gasteiger partial charge in [-0.25, -0.2) is 9.07 Å². The van der Waals surface area contributed by atoms with Crippen molar-refractivity contribution in [2.75, 3.05) is 11.9 Å². The van der Waals surface area contributed by atoms with Gasteiger partial charge in [0.2, 0.25) is 0 Å². The third-order valence-electron chi connectivity index (χ3n) is 4.20. The summed E-state index contributed by atoms with van der Waals surface area (Å²) in [6.07, 6.45) is 3.27. The van der Waals surface area contributed by atoms with E-state index >= 15 is 0 Å². The van der Waals surface area contributed by atoms with Gasteiger partial charge in [-0.2, -0.15) is 5.10 Å². The molecule has 1 aliphatic rings. The zero-order valence-corrected chi connectivity index (χ0v) is 12.6. The number of unbranched alkanes of at least 4 members (excludes halogenated alkanes) is 1. The van der Waals surface area contributed by atoms with Crippen molar-refractivity contribution < 1.29 is 4.39 Å². The van der Waals surface area contributed by atoms with E-state index in [2.05, 4.69) is 25.2 Å². The molecule has 0 saturated carbocycles. The van der Waals surface area contributed by atoms with Crippen LogP contribution in [0.25, 0.3) is 0 Å². The van der Waals surface area contributed by atoms with E-state index in [1.807, 2.05) is 16.8 Å². The topological polar surface area (TPSA) is 29.9 Å². The van der Waals surface area contributed by atoms with Gasteiger partial charge in [0.25, 0.3) is 0 Å². The molecular weight excluding hydrogens is 265 g/mol. The Labute approximate surface area is 125 Å². The maximum atomic E-state index is 14.2. The van der Waals surface area contributed by atoms with Crippen molar-refractivity contribution in [2.45, 2.75) is 39.2 Å². The van der Waals surface area contributed by atoms with E-state index in [0.29, 0.717) is 5.92 Å². The monoisotopic (exact) mass is 287 g/mol. The lowest BCUT2D eigenvalue weighted by Crippen LogP contribution is -2.32. The van der Waals surface area contributed by atoms with Crippen molar-refractivity contribution >= 4 is 5.82 Å². The summed E-state index contributed by atoms with van der Waals surface area (Å²) in [5.74, 6) is 1.16. The van der Waals surface area contributed by atoms with E-state index in [1.54, 1.807) is 6.07 Å². The van der Waals surface area contributed by atoms with Crippen LogP contribution in [0.1, 0.15) is 44.0 Å². The smallest absolute Gasteiger partial charge is 0.128 e. The molecule has 0 fully saturated rings. The van der Waals surface area contributed by atoms with Gasteiger partial charge in [0.15, 0.2) is 0 Å². The lowest BCUT2D eigenvalue weighted by molar-refractivity contribution is 0.359. The van der Waals surface area contributed by atoms with Crippen LogP contribution < -0.4 is 5.32 Å². The molecule has 0 amide bonds. The lowest BCUT2D eigenvalue weighted by Gasteiger charge is -2.32. The zero-order valence-electron chi connectivity index (χ0n) is 12.6. The summed E-state index contributed by atoms with van der Waals surface area (Å²) in [4.78, 5) is 0. The molecule has 3 rings (SSSR count). The SMILES string of the molecule is CCCCc1cc2n(n1)C(c1ccccc1F)C(C)CN2. The molecule has 0 bridgehead atoms. The van der Waals surface area contributed by atoms with E-state index in [-0.39, 0.29) is 11.9 Å². The molecule has 0 aliphatic carbocycles. The second-order valence-corrected chi connectivity index (χ2v) is 5.89. The molecule has 21 heavy (non-hydrogen) atoms. The van der Waals surface area contributed by atoms with Gasteiger partial charge < -0.3 is 5.32 Å². The van der Waals surface area contributed by atoms with Crippen LogP contribution in [0.15, 0.2) is 30.3 Å². The highest BCUT2D eigenvalue weighted by molar-refractivity contribution is 5.42. The predicted molar refractivity (Wildman–Crippen MR) is 83.0 cm³/mol. The molecule has 1 aromatic heterocycles. The Morgan fingerprint density at radius 3 is 2.95 bits per heavy atom. The van der Waals surface area contributed by atoms with Crippen LogP contribution in [-0.2, 0) is 6.42 Å². The average molecular weight is 287 g/mol. The predicted octanol–water partition coefficient (Wildman–Crippen LogP) is 4.02. The Hall–Kier alpha value is -1.84. The Morgan fingerprint density at radius 1 is 1.38 bits per heavy atom. The number of aromatic nitrogens is 2. The molecule has 0 saturated heterocycles. The third-order valence-corrected chi connectivity index (χ3v) is 4.20. The molecule has 0 radical (unpaired) electrons. The summed E-state index contributed by atoms with van der Waals surface area (Å²) in [6, 6.07) is 9.12. The van der Waals surface area contributed by atoms with Gasteiger partial charge in [0.1, 0.15) is 11.6 Å². The number of anilines is 1. The summed E-state index contributed by atoms with van der Waals surface area (Å²) in [6.45, 7) is 5.16. The summed E-state index contributed by atoms with van der Waals surface area (Å²) in [7, 11) is 0. The van der Waals surface area contributed by atoms with Gasteiger partial charge in [0.05, 0.1) is 11.7 Å². The van der Waals surface area contributed by atoms with E-state index in [4.69, 9.17) is 5.10 Å². The van der Waals surface area contributed by atoms with Crippen LogP contribution in [0.2, 0.25) is 0 Å². The van der Waals surface area contributed by atoms with Crippen molar-refractivity contribution in [3.63, 3.8) is 0 Å². The van der Waals surface area contributed by atoms with Gasteiger partial charge >= 0.3 is 0 Å². The van der Waals surface area contributed by atoms with Crippen molar-refractivity contribution in [2.24, 2.45) is 5.92 Å². The molecule has 2 unspecified atom stereocenters. The Balaban J connectivity index is 1.99. The minimum Gasteiger partial charge on any atom is -0.370 e. The van der Waals surface area contributed by atoms with Gasteiger partial charge in [-0.1, -0.05) is 38.5 Å². The molecule has 1 aliphatic heterocycles. The Morgan fingerprint density at radius 2 is 2.19 bits per heavy atom. The van der Waals surface area contributed by atoms with E-state index in [9.17, 15) is 4.39 Å². The first-order valence-corrected chi connectivity index (χ1v) is 7.77. The number of aryl methyl sites for hydroxylation is 1. The molecular formula is C17H22FN3. The Kier molecular flexibility index (Phi) is 3.95. The van der Waals surface area contributed by atoms with Gasteiger partial charge in [-0.15, -0.1) is 0 Å². The van der Waals surface area contributed by atoms with E-state index in [0.717, 1.165) is 42.9 Å². The molecule has 2 heterocycles. The van der Waals surface area contributed by atoms with Crippen LogP contribution in [-0.4, -0.2) is 16.3 Å². The fraction of sp³-hybridized carbons (Fsp3) is 0.471. The van der Waals surface area contributed by atoms with Crippen LogP contribution in [0, 0.1) is 11.7 Å². The summed E-state index contributed by atoms with van der Waals surface area (Å²) < 4.78 is 16.2. The highest BCUT2D eigenvalue weighted by atomic mass is 19.1. The second kappa shape index (κ2) is 5.88. The minimum absolute atomic E-state index is 0.0298. The zero-order chi connectivity index (χ0) is 14.8. The largest absolute Gasteiger partial charge is 0.370 e. The molecule has 3 nitrogen and oxygen atoms in total. The fourth-order valence-electron chi connectivity index (χ4n) is 3.04. The molecule has 2 atom stereocenters. The van der Waals surface area contributed by atoms with Crippen molar-refractivity contribution in [3.05, 3.63) is 47.4 Å². The van der Waals surface area contributed by atoms with Crippen molar-refractivity contribution in [3.8, 4) is 0 Å². The third kappa shape index (κ3) is 2.67. The standard InChI is InChI=1S/C17H22FN3/c1-3-4-7-13-10-16-19-11-12(2)17(21(16)20-13)14-8-5-6-9-15(14)18/h5-6,8-10,12,17,19H,3-4,7,11H2,1-2H3. The average Bonchev–Trinajstić information content (AvgIpc) is 2.89. The molecule has 1 aromatic carbocycles. The summed E-state index contributed by atoms with van der Waals surface area (Å²) in [5, 5.41) is 8.13. The van der Waals surface area contributed by atoms with E-state index in [1.165, 1.54) is 6.07 Å². The lowest BCUT2D eigenvalue weighted by atomic mass is 9.92. The van der Waals surface area contributed by atoms with Crippen LogP contribution in [0.5, 0.6) is 0 Å². The van der Waals surface area contributed by atoms with Gasteiger partial charge in [0, 0.05) is 24.1 Å². The second-order valence-electron chi connectivity index (χ2n) is 5.89. The Bertz CT molecular complexity index is 620. The van der Waals surface area contributed by atoms with Crippen molar-refractivity contribution in [1.29, 1.82) is 0 Å². The molecule has 2 aromatic rings. The van der Waals surface area contributed by atoms with Crippen LogP contribution in [0.3, 0.4) is 0 Å². The van der Waals surface area contributed by atoms with Crippen LogP contribution >= 0.6 is 0 Å². The maximum Gasteiger partial charge on any atom is 0.128 e. The first-order chi connectivity index (χ1) is 10.2. The number of rotatable bonds is 4. The number of nitrogens with zero attached hydrogens (tertiary/aromatic N) is 2. The number of hydrogen-bond donors (Lipinski definition) is 1. The normalized spacial score (nSPS) is 20.9. The first kappa shape index (κ1) is 14.1. The highest BCUT2D eigenvalue weighted by Gasteiger charge is 2.30. The first-order valence-electron chi connectivity index (χ1n) is 7.77. The maximum absolute atomic E-state index is 14.2. The van der Waals surface area contributed by atoms with Crippen molar-refractivity contribution in [1.82, 2.24) is 9.78 Å². The minimum atomic E-state index is -0.146. The summed E-state index contributed by atoms with van der Waals surface area (Å²) in [5.41, 5.74) is 1.83. The molecule has 0 spiro atoms. The number of fused-ring (bicyclic) bond motifs is 1. The molecule has 112 valence electrons. The van der Waals surface area contributed by atoms with Gasteiger partial charge in [-0.05, 0) is 18.9 Å². The fourth-order valence-corrected chi connectivity index (χ4v) is 3.04.